The maximum atomic E-state index is 14.5. The first-order valence-electron chi connectivity index (χ1n) is 19.8. The molecule has 2 aromatic carbocycles. The van der Waals surface area contributed by atoms with Crippen LogP contribution < -0.4 is 31.6 Å². The first-order chi connectivity index (χ1) is 31.4. The smallest absolute Gasteiger partial charge is 0.417 e. The molecule has 2 aliphatic rings. The third kappa shape index (κ3) is 9.57. The summed E-state index contributed by atoms with van der Waals surface area (Å²) in [5, 5.41) is 4.46. The summed E-state index contributed by atoms with van der Waals surface area (Å²) in [6.07, 6.45) is -12.6. The molecule has 0 radical (unpaired) electrons. The molecule has 0 bridgehead atoms. The van der Waals surface area contributed by atoms with E-state index in [4.69, 9.17) is 30.4 Å². The number of aryl methyl sites for hydroxylation is 1. The van der Waals surface area contributed by atoms with Gasteiger partial charge in [0.1, 0.15) is 17.9 Å². The van der Waals surface area contributed by atoms with Crippen molar-refractivity contribution in [2.24, 2.45) is 23.3 Å². The van der Waals surface area contributed by atoms with Crippen LogP contribution in [0, 0.1) is 47.8 Å². The van der Waals surface area contributed by atoms with Crippen LogP contribution in [0.3, 0.4) is 0 Å². The standard InChI is InChI=1S/C22H22F5N3O4.C21H19F6N3O4/c1-9-7-11(8-14(29-9)19(28)31)30-20(32)18-15(10(2)21(3,34-18)22(25,26)27)12-5-6-13(23)16(24)17(12)33-4;1-8-12(9-4-5-10(22)13(23)16(9)33-3)17(34-20(8,2)21(25,26)27)19(32)30-11-6-7-29-15(14(11)24)18(28)31/h5-8,10,15,18H,1-4H3,(H2,28,31)(H,29,30,32);4-8,12,17H,1-3H3,(H2,28,31)(H,29,30,32)/t10-,15-,18+,21+;8-,12-,17+,20+/m00/s1. The molecule has 14 nitrogen and oxygen atoms in total. The molecule has 368 valence electrons. The van der Waals surface area contributed by atoms with E-state index in [-0.39, 0.29) is 22.5 Å². The Hall–Kier alpha value is -6.63. The molecule has 2 fully saturated rings. The fraction of sp³-hybridized carbons (Fsp3) is 0.395. The number of carbonyl (C=O) groups is 4. The number of benzene rings is 2. The first kappa shape index (κ1) is 52.3. The molecule has 0 saturated carbocycles. The highest BCUT2D eigenvalue weighted by atomic mass is 19.4. The highest BCUT2D eigenvalue weighted by Gasteiger charge is 2.67. The van der Waals surface area contributed by atoms with Gasteiger partial charge in [0.25, 0.3) is 23.6 Å². The average Bonchev–Trinajstić information content (AvgIpc) is 3.69. The minimum Gasteiger partial charge on any atom is -0.493 e. The van der Waals surface area contributed by atoms with Crippen molar-refractivity contribution in [2.75, 3.05) is 24.9 Å². The summed E-state index contributed by atoms with van der Waals surface area (Å²) in [5.74, 6) is -18.2. The second-order valence-electron chi connectivity index (χ2n) is 16.0. The third-order valence-electron chi connectivity index (χ3n) is 12.0. The first-order valence-corrected chi connectivity index (χ1v) is 19.8. The van der Waals surface area contributed by atoms with Gasteiger partial charge in [0, 0.05) is 52.4 Å². The number of ether oxygens (including phenoxy) is 4. The van der Waals surface area contributed by atoms with Gasteiger partial charge in [0.15, 0.2) is 45.8 Å². The predicted octanol–water partition coefficient (Wildman–Crippen LogP) is 7.54. The zero-order valence-corrected chi connectivity index (χ0v) is 36.6. The lowest BCUT2D eigenvalue weighted by molar-refractivity contribution is -0.272. The van der Waals surface area contributed by atoms with E-state index < -0.39 is 135 Å². The lowest BCUT2D eigenvalue weighted by Crippen LogP contribution is -2.47. The Bertz CT molecular complexity index is 2640. The molecule has 0 spiro atoms. The molecule has 68 heavy (non-hydrogen) atoms. The number of pyridine rings is 2. The highest BCUT2D eigenvalue weighted by molar-refractivity contribution is 5.98. The Morgan fingerprint density at radius 2 is 1.12 bits per heavy atom. The van der Waals surface area contributed by atoms with E-state index in [2.05, 4.69) is 20.6 Å². The molecule has 0 aliphatic carbocycles. The topological polar surface area (TPSA) is 207 Å². The maximum Gasteiger partial charge on any atom is 0.417 e. The Balaban J connectivity index is 0.000000254. The highest BCUT2D eigenvalue weighted by Crippen LogP contribution is 2.56. The van der Waals surface area contributed by atoms with Gasteiger partial charge in [-0.3, -0.25) is 19.2 Å². The zero-order valence-electron chi connectivity index (χ0n) is 36.6. The largest absolute Gasteiger partial charge is 0.493 e. The number of nitrogens with one attached hydrogen (secondary N) is 2. The number of alkyl halides is 6. The van der Waals surface area contributed by atoms with Crippen LogP contribution in [-0.2, 0) is 19.1 Å². The minimum atomic E-state index is -4.97. The van der Waals surface area contributed by atoms with Crippen molar-refractivity contribution in [3.05, 3.63) is 106 Å². The summed E-state index contributed by atoms with van der Waals surface area (Å²) in [7, 11) is 2.02. The summed E-state index contributed by atoms with van der Waals surface area (Å²) >= 11 is 0. The summed E-state index contributed by atoms with van der Waals surface area (Å²) < 4.78 is 175. The second-order valence-corrected chi connectivity index (χ2v) is 16.0. The molecule has 8 atom stereocenters. The minimum absolute atomic E-state index is 0.0409. The van der Waals surface area contributed by atoms with E-state index in [9.17, 15) is 67.5 Å². The van der Waals surface area contributed by atoms with Crippen LogP contribution in [0.5, 0.6) is 11.5 Å². The van der Waals surface area contributed by atoms with Gasteiger partial charge in [-0.05, 0) is 51.1 Å². The van der Waals surface area contributed by atoms with E-state index in [1.807, 2.05) is 0 Å². The number of amides is 4. The van der Waals surface area contributed by atoms with Crippen molar-refractivity contribution in [3.8, 4) is 11.5 Å². The van der Waals surface area contributed by atoms with Crippen LogP contribution in [0.15, 0.2) is 48.7 Å². The monoisotopic (exact) mass is 978 g/mol. The molecule has 2 saturated heterocycles. The van der Waals surface area contributed by atoms with Crippen molar-refractivity contribution in [3.63, 3.8) is 0 Å². The molecule has 6 rings (SSSR count). The number of methoxy groups -OCH3 is 2. The Morgan fingerprint density at radius 1 is 0.676 bits per heavy atom. The number of halogens is 11. The van der Waals surface area contributed by atoms with Gasteiger partial charge in [-0.15, -0.1) is 0 Å². The number of nitrogens with zero attached hydrogens (tertiary/aromatic N) is 2. The van der Waals surface area contributed by atoms with Gasteiger partial charge in [0.05, 0.1) is 19.9 Å². The molecule has 25 heteroatoms. The number of aromatic nitrogens is 2. The van der Waals surface area contributed by atoms with Crippen LogP contribution in [0.1, 0.15) is 77.3 Å². The van der Waals surface area contributed by atoms with E-state index in [1.54, 1.807) is 0 Å². The van der Waals surface area contributed by atoms with Crippen molar-refractivity contribution >= 4 is 35.0 Å². The van der Waals surface area contributed by atoms with Gasteiger partial charge < -0.3 is 41.0 Å². The lowest BCUT2D eigenvalue weighted by Gasteiger charge is -2.32. The molecular weight excluding hydrogens is 937 g/mol. The third-order valence-corrected chi connectivity index (χ3v) is 12.0. The van der Waals surface area contributed by atoms with Crippen molar-refractivity contribution in [1.82, 2.24) is 9.97 Å². The average molecular weight is 979 g/mol. The normalized spacial score (nSPS) is 24.7. The number of hydrogen-bond acceptors (Lipinski definition) is 10. The maximum absolute atomic E-state index is 14.5. The van der Waals surface area contributed by atoms with Gasteiger partial charge in [0.2, 0.25) is 11.6 Å². The van der Waals surface area contributed by atoms with Crippen LogP contribution >= 0.6 is 0 Å². The summed E-state index contributed by atoms with van der Waals surface area (Å²) in [6.45, 7) is 5.35. The van der Waals surface area contributed by atoms with Crippen LogP contribution in [0.25, 0.3) is 0 Å². The van der Waals surface area contributed by atoms with Crippen LogP contribution in [0.4, 0.5) is 59.7 Å². The molecule has 6 N–H and O–H groups in total. The summed E-state index contributed by atoms with van der Waals surface area (Å²) in [5.41, 5.74) is 2.92. The number of nitrogens with two attached hydrogens (primary N) is 2. The van der Waals surface area contributed by atoms with E-state index in [1.165, 1.54) is 19.9 Å². The number of carbonyl (C=O) groups excluding carboxylic acids is 4. The van der Waals surface area contributed by atoms with Gasteiger partial charge in [-0.2, -0.15) is 35.1 Å². The molecule has 4 heterocycles. The molecule has 2 aromatic heterocycles. The molecule has 4 amide bonds. The number of rotatable bonds is 10. The van der Waals surface area contributed by atoms with Crippen molar-refractivity contribution < 1.29 is 86.4 Å². The van der Waals surface area contributed by atoms with Crippen LogP contribution in [-0.4, -0.2) is 83.6 Å². The summed E-state index contributed by atoms with van der Waals surface area (Å²) in [6, 6.07) is 6.95. The fourth-order valence-corrected chi connectivity index (χ4v) is 8.08. The van der Waals surface area contributed by atoms with E-state index in [0.717, 1.165) is 64.6 Å². The zero-order chi connectivity index (χ0) is 51.2. The second kappa shape index (κ2) is 19.2. The molecule has 4 aromatic rings. The summed E-state index contributed by atoms with van der Waals surface area (Å²) in [4.78, 5) is 56.3. The molecule has 0 unspecified atom stereocenters. The van der Waals surface area contributed by atoms with E-state index >= 15 is 0 Å². The SMILES string of the molecule is COc1c([C@H]2[C@H](C(=O)Nc3cc(C)nc(C(N)=O)c3)O[C@@](C)(C(F)(F)F)[C@H]2C)ccc(F)c1F.COc1c([C@H]2[C@H](C(=O)Nc3ccnc(C(N)=O)c3F)O[C@@](C)(C(F)(F)F)[C@H]2C)ccc(F)c1F. The lowest BCUT2D eigenvalue weighted by atomic mass is 9.77. The van der Waals surface area contributed by atoms with Gasteiger partial charge >= 0.3 is 12.4 Å². The van der Waals surface area contributed by atoms with Gasteiger partial charge in [-0.25, -0.2) is 23.1 Å². The molecular formula is C43H41F11N6O8. The fourth-order valence-electron chi connectivity index (χ4n) is 8.08. The van der Waals surface area contributed by atoms with E-state index in [0.29, 0.717) is 18.7 Å². The number of hydrogen-bond donors (Lipinski definition) is 4. The van der Waals surface area contributed by atoms with Crippen LogP contribution in [0.2, 0.25) is 0 Å². The van der Waals surface area contributed by atoms with Crippen molar-refractivity contribution in [2.45, 2.75) is 82.2 Å². The Morgan fingerprint density at radius 3 is 1.51 bits per heavy atom. The quantitative estimate of drug-likeness (QED) is 0.115. The number of primary amides is 2. The Labute approximate surface area is 378 Å². The predicted molar refractivity (Wildman–Crippen MR) is 216 cm³/mol. The van der Waals surface area contributed by atoms with Gasteiger partial charge in [-0.1, -0.05) is 26.0 Å². The molecule has 2 aliphatic heterocycles. The van der Waals surface area contributed by atoms with Crippen molar-refractivity contribution in [1.29, 1.82) is 0 Å². The number of anilines is 2. The Kier molecular flexibility index (Phi) is 14.8.